The number of alkyl halides is 2. The lowest BCUT2D eigenvalue weighted by Crippen LogP contribution is -2.31. The molecule has 0 saturated heterocycles. The minimum absolute atomic E-state index is 0.324. The molecule has 0 aromatic carbocycles. The van der Waals surface area contributed by atoms with E-state index < -0.39 is 0 Å². The summed E-state index contributed by atoms with van der Waals surface area (Å²) in [6, 6.07) is 0. The Morgan fingerprint density at radius 1 is 0.923 bits per heavy atom. The lowest BCUT2D eigenvalue weighted by Gasteiger charge is -2.26. The van der Waals surface area contributed by atoms with Crippen molar-refractivity contribution in [3.63, 3.8) is 0 Å². The van der Waals surface area contributed by atoms with Crippen LogP contribution in [0.25, 0.3) is 0 Å². The highest BCUT2D eigenvalue weighted by Crippen LogP contribution is 2.20. The van der Waals surface area contributed by atoms with Crippen molar-refractivity contribution in [2.45, 2.75) is 62.4 Å². The van der Waals surface area contributed by atoms with Gasteiger partial charge in [-0.05, 0) is 12.8 Å². The van der Waals surface area contributed by atoms with Crippen LogP contribution in [0.2, 0.25) is 0 Å². The smallest absolute Gasteiger partial charge is 0.0699 e. The quantitative estimate of drug-likeness (QED) is 0.670. The molecule has 0 N–H and O–H groups in total. The van der Waals surface area contributed by atoms with Crippen molar-refractivity contribution in [1.82, 2.24) is 0 Å². The molecular weight excluding hydrogens is 296 g/mol. The highest BCUT2D eigenvalue weighted by atomic mass is 79.9. The van der Waals surface area contributed by atoms with Crippen molar-refractivity contribution >= 4 is 31.9 Å². The van der Waals surface area contributed by atoms with E-state index in [1.165, 1.54) is 0 Å². The monoisotopic (exact) mass is 314 g/mol. The summed E-state index contributed by atoms with van der Waals surface area (Å²) in [5, 5.41) is 0. The van der Waals surface area contributed by atoms with Crippen molar-refractivity contribution in [3.8, 4) is 0 Å². The zero-order valence-electron chi connectivity index (χ0n) is 8.89. The van der Waals surface area contributed by atoms with Gasteiger partial charge in [-0.25, -0.2) is 0 Å². The van der Waals surface area contributed by atoms with Gasteiger partial charge in [0.05, 0.1) is 12.2 Å². The van der Waals surface area contributed by atoms with Crippen LogP contribution in [-0.2, 0) is 4.74 Å². The lowest BCUT2D eigenvalue weighted by atomic mass is 10.2. The zero-order valence-corrected chi connectivity index (χ0v) is 12.1. The van der Waals surface area contributed by atoms with E-state index in [0.29, 0.717) is 21.9 Å². The predicted molar refractivity (Wildman–Crippen MR) is 66.0 cm³/mol. The first-order valence-corrected chi connectivity index (χ1v) is 6.79. The van der Waals surface area contributed by atoms with Gasteiger partial charge in [-0.3, -0.25) is 0 Å². The molecule has 0 aliphatic heterocycles. The van der Waals surface area contributed by atoms with Gasteiger partial charge in [0.2, 0.25) is 0 Å². The first-order valence-electron chi connectivity index (χ1n) is 4.96. The van der Waals surface area contributed by atoms with E-state index in [1.54, 1.807) is 0 Å². The Morgan fingerprint density at radius 2 is 1.23 bits per heavy atom. The molecule has 13 heavy (non-hydrogen) atoms. The fourth-order valence-electron chi connectivity index (χ4n) is 1.28. The average molecular weight is 316 g/mol. The van der Waals surface area contributed by atoms with Crippen molar-refractivity contribution in [2.75, 3.05) is 0 Å². The summed E-state index contributed by atoms with van der Waals surface area (Å²) < 4.78 is 5.98. The number of hydrogen-bond acceptors (Lipinski definition) is 1. The maximum Gasteiger partial charge on any atom is 0.0699 e. The molecule has 0 aromatic rings. The van der Waals surface area contributed by atoms with Crippen LogP contribution in [0, 0.1) is 0 Å². The van der Waals surface area contributed by atoms with E-state index in [1.807, 2.05) is 0 Å². The van der Waals surface area contributed by atoms with Crippen LogP contribution in [0.1, 0.15) is 40.5 Å². The molecule has 3 heteroatoms. The van der Waals surface area contributed by atoms with Crippen LogP contribution in [-0.4, -0.2) is 21.9 Å². The third-order valence-corrected chi connectivity index (χ3v) is 3.36. The van der Waals surface area contributed by atoms with Crippen LogP contribution in [0.15, 0.2) is 0 Å². The van der Waals surface area contributed by atoms with Crippen molar-refractivity contribution in [1.29, 1.82) is 0 Å². The van der Waals surface area contributed by atoms with Gasteiger partial charge < -0.3 is 4.74 Å². The maximum absolute atomic E-state index is 5.98. The third kappa shape index (κ3) is 5.38. The predicted octanol–water partition coefficient (Wildman–Crippen LogP) is 4.13. The van der Waals surface area contributed by atoms with Gasteiger partial charge in [-0.15, -0.1) is 0 Å². The minimum Gasteiger partial charge on any atom is -0.373 e. The summed E-state index contributed by atoms with van der Waals surface area (Å²) in [4.78, 5) is 0.857. The molecule has 0 aromatic heterocycles. The van der Waals surface area contributed by atoms with Gasteiger partial charge in [0.25, 0.3) is 0 Å². The molecule has 4 unspecified atom stereocenters. The van der Waals surface area contributed by atoms with Gasteiger partial charge >= 0.3 is 0 Å². The highest BCUT2D eigenvalue weighted by molar-refractivity contribution is 9.09. The maximum atomic E-state index is 5.98. The first kappa shape index (κ1) is 13.9. The molecule has 0 spiro atoms. The second-order valence-electron chi connectivity index (χ2n) is 3.38. The first-order chi connectivity index (χ1) is 6.02. The van der Waals surface area contributed by atoms with Crippen LogP contribution in [0.4, 0.5) is 0 Å². The molecule has 1 nitrogen and oxygen atoms in total. The van der Waals surface area contributed by atoms with E-state index in [2.05, 4.69) is 59.6 Å². The van der Waals surface area contributed by atoms with Crippen LogP contribution in [0.5, 0.6) is 0 Å². The van der Waals surface area contributed by atoms with Crippen LogP contribution < -0.4 is 0 Å². The van der Waals surface area contributed by atoms with Crippen molar-refractivity contribution in [2.24, 2.45) is 0 Å². The molecule has 4 atom stereocenters. The summed E-state index contributed by atoms with van der Waals surface area (Å²) in [5.41, 5.74) is 0. The molecule has 0 aliphatic carbocycles. The Kier molecular flexibility index (Phi) is 7.76. The van der Waals surface area contributed by atoms with Gasteiger partial charge in [0, 0.05) is 9.65 Å². The molecule has 0 bridgehead atoms. The lowest BCUT2D eigenvalue weighted by molar-refractivity contribution is -0.0111. The second-order valence-corrected chi connectivity index (χ2v) is 6.27. The fraction of sp³-hybridized carbons (Fsp3) is 1.00. The third-order valence-electron chi connectivity index (χ3n) is 2.18. The van der Waals surface area contributed by atoms with E-state index >= 15 is 0 Å². The Bertz CT molecular complexity index is 112. The SMILES string of the molecule is CCC(OC(CC)C(C)Br)C(C)Br. The number of ether oxygens (including phenoxy) is 1. The number of halogens is 2. The number of hydrogen-bond donors (Lipinski definition) is 0. The fourth-order valence-corrected chi connectivity index (χ4v) is 2.28. The largest absolute Gasteiger partial charge is 0.373 e. The molecule has 0 amide bonds. The Morgan fingerprint density at radius 3 is 1.38 bits per heavy atom. The molecule has 0 rings (SSSR count). The minimum atomic E-state index is 0.324. The molecule has 0 radical (unpaired) electrons. The molecule has 0 heterocycles. The summed E-state index contributed by atoms with van der Waals surface area (Å²) in [7, 11) is 0. The topological polar surface area (TPSA) is 9.23 Å². The van der Waals surface area contributed by atoms with Crippen molar-refractivity contribution < 1.29 is 4.74 Å². The van der Waals surface area contributed by atoms with E-state index in [4.69, 9.17) is 4.74 Å². The van der Waals surface area contributed by atoms with Crippen molar-refractivity contribution in [3.05, 3.63) is 0 Å². The molecule has 0 aliphatic rings. The average Bonchev–Trinajstić information content (AvgIpc) is 2.05. The van der Waals surface area contributed by atoms with Crippen LogP contribution in [0.3, 0.4) is 0 Å². The normalized spacial score (nSPS) is 20.8. The Labute approximate surface area is 98.9 Å². The second kappa shape index (κ2) is 7.24. The van der Waals surface area contributed by atoms with Gasteiger partial charge in [-0.1, -0.05) is 59.6 Å². The van der Waals surface area contributed by atoms with Gasteiger partial charge in [-0.2, -0.15) is 0 Å². The Hall–Kier alpha value is 0.920. The van der Waals surface area contributed by atoms with E-state index in [9.17, 15) is 0 Å². The standard InChI is InChI=1S/C10H20Br2O/c1-5-9(7(3)11)13-10(6-2)8(4)12/h7-10H,5-6H2,1-4H3. The molecule has 0 fully saturated rings. The number of rotatable bonds is 6. The molecular formula is C10H20Br2O. The van der Waals surface area contributed by atoms with Gasteiger partial charge in [0.1, 0.15) is 0 Å². The summed E-state index contributed by atoms with van der Waals surface area (Å²) in [5.74, 6) is 0. The summed E-state index contributed by atoms with van der Waals surface area (Å²) in [6.07, 6.45) is 2.76. The molecule has 0 saturated carbocycles. The van der Waals surface area contributed by atoms with E-state index in [-0.39, 0.29) is 0 Å². The van der Waals surface area contributed by atoms with Crippen LogP contribution >= 0.6 is 31.9 Å². The van der Waals surface area contributed by atoms with Gasteiger partial charge in [0.15, 0.2) is 0 Å². The highest BCUT2D eigenvalue weighted by Gasteiger charge is 2.20. The molecule has 80 valence electrons. The summed E-state index contributed by atoms with van der Waals surface area (Å²) in [6.45, 7) is 8.60. The Balaban J connectivity index is 4.03. The van der Waals surface area contributed by atoms with E-state index in [0.717, 1.165) is 12.8 Å². The summed E-state index contributed by atoms with van der Waals surface area (Å²) >= 11 is 7.14. The zero-order chi connectivity index (χ0) is 10.4.